The Kier molecular flexibility index (Phi) is 4.92. The highest BCUT2D eigenvalue weighted by Crippen LogP contribution is 2.18. The Hall–Kier alpha value is -2.37. The number of aryl methyl sites for hydroxylation is 1. The Bertz CT molecular complexity index is 637. The second-order valence-electron chi connectivity index (χ2n) is 4.72. The summed E-state index contributed by atoms with van der Waals surface area (Å²) in [6.07, 6.45) is 5.20. The van der Waals surface area contributed by atoms with Gasteiger partial charge in [0.1, 0.15) is 0 Å². The van der Waals surface area contributed by atoms with Gasteiger partial charge in [0.25, 0.3) is 0 Å². The zero-order valence-corrected chi connectivity index (χ0v) is 12.2. The molecule has 0 saturated carbocycles. The molecule has 0 aliphatic rings. The molecule has 1 heterocycles. The van der Waals surface area contributed by atoms with E-state index in [0.717, 1.165) is 24.1 Å². The minimum absolute atomic E-state index is 0.238. The van der Waals surface area contributed by atoms with Crippen molar-refractivity contribution in [2.45, 2.75) is 26.7 Å². The lowest BCUT2D eigenvalue weighted by Crippen LogP contribution is -2.00. The second-order valence-corrected chi connectivity index (χ2v) is 4.72. The summed E-state index contributed by atoms with van der Waals surface area (Å²) >= 11 is 0. The number of unbranched alkanes of at least 4 members (excludes halogenated alkanes) is 1. The number of nitrogens with zero attached hydrogens (tertiary/aromatic N) is 3. The van der Waals surface area contributed by atoms with Gasteiger partial charge in [0.15, 0.2) is 11.6 Å². The second kappa shape index (κ2) is 6.88. The van der Waals surface area contributed by atoms with Gasteiger partial charge in [-0.05, 0) is 31.0 Å². The molecule has 6 heteroatoms. The first-order chi connectivity index (χ1) is 10.1. The van der Waals surface area contributed by atoms with Crippen molar-refractivity contribution in [3.8, 4) is 5.75 Å². The standard InChI is InChI=1S/C15H19FN4O/c1-3-4-7-21-14-8-12(5-6-13(14)16)9-18-20-10-11(2)19-15(20)17/h5-6,8-10H,3-4,7H2,1-2H3,(H2,17,19). The van der Waals surface area contributed by atoms with E-state index in [-0.39, 0.29) is 11.6 Å². The molecule has 5 nitrogen and oxygen atoms in total. The van der Waals surface area contributed by atoms with Crippen molar-refractivity contribution in [2.75, 3.05) is 12.3 Å². The molecule has 0 aliphatic carbocycles. The highest BCUT2D eigenvalue weighted by molar-refractivity contribution is 5.80. The summed E-state index contributed by atoms with van der Waals surface area (Å²) in [6, 6.07) is 4.62. The molecule has 2 rings (SSSR count). The number of anilines is 1. The number of imidazole rings is 1. The molecule has 0 fully saturated rings. The number of nitrogens with two attached hydrogens (primary N) is 1. The first kappa shape index (κ1) is 15.0. The van der Waals surface area contributed by atoms with Crippen LogP contribution < -0.4 is 10.5 Å². The van der Waals surface area contributed by atoms with Crippen LogP contribution in [0.5, 0.6) is 5.75 Å². The fourth-order valence-electron chi connectivity index (χ4n) is 1.76. The van der Waals surface area contributed by atoms with Crippen LogP contribution in [0.2, 0.25) is 0 Å². The van der Waals surface area contributed by atoms with Gasteiger partial charge in [-0.1, -0.05) is 19.4 Å². The molecule has 112 valence electrons. The average molecular weight is 290 g/mol. The van der Waals surface area contributed by atoms with Crippen LogP contribution in [0, 0.1) is 12.7 Å². The van der Waals surface area contributed by atoms with Crippen LogP contribution in [0.4, 0.5) is 10.3 Å². The molecule has 2 aromatic rings. The molecule has 1 aromatic heterocycles. The van der Waals surface area contributed by atoms with Crippen LogP contribution in [0.15, 0.2) is 29.5 Å². The first-order valence-electron chi connectivity index (χ1n) is 6.88. The quantitative estimate of drug-likeness (QED) is 0.657. The summed E-state index contributed by atoms with van der Waals surface area (Å²) < 4.78 is 20.5. The van der Waals surface area contributed by atoms with Gasteiger partial charge in [0, 0.05) is 0 Å². The highest BCUT2D eigenvalue weighted by Gasteiger charge is 2.04. The maximum Gasteiger partial charge on any atom is 0.221 e. The molecule has 21 heavy (non-hydrogen) atoms. The maximum absolute atomic E-state index is 13.6. The van der Waals surface area contributed by atoms with E-state index in [2.05, 4.69) is 17.0 Å². The zero-order chi connectivity index (χ0) is 15.2. The molecule has 2 N–H and O–H groups in total. The van der Waals surface area contributed by atoms with Gasteiger partial charge >= 0.3 is 0 Å². The maximum atomic E-state index is 13.6. The first-order valence-corrected chi connectivity index (χ1v) is 6.88. The van der Waals surface area contributed by atoms with E-state index in [1.165, 1.54) is 10.7 Å². The molecule has 0 atom stereocenters. The van der Waals surface area contributed by atoms with Gasteiger partial charge in [0.05, 0.1) is 24.7 Å². The Balaban J connectivity index is 2.13. The Morgan fingerprint density at radius 3 is 2.95 bits per heavy atom. The number of nitrogen functional groups attached to an aromatic ring is 1. The third-order valence-electron chi connectivity index (χ3n) is 2.88. The van der Waals surface area contributed by atoms with Gasteiger partial charge < -0.3 is 10.5 Å². The normalized spacial score (nSPS) is 11.2. The van der Waals surface area contributed by atoms with E-state index >= 15 is 0 Å². The number of ether oxygens (including phenoxy) is 1. The number of benzene rings is 1. The summed E-state index contributed by atoms with van der Waals surface area (Å²) in [4.78, 5) is 4.05. The lowest BCUT2D eigenvalue weighted by Gasteiger charge is -2.07. The minimum atomic E-state index is -0.374. The Morgan fingerprint density at radius 1 is 1.48 bits per heavy atom. The highest BCUT2D eigenvalue weighted by atomic mass is 19.1. The van der Waals surface area contributed by atoms with Crippen molar-refractivity contribution in [1.82, 2.24) is 9.66 Å². The van der Waals surface area contributed by atoms with Gasteiger partial charge in [-0.2, -0.15) is 5.10 Å². The van der Waals surface area contributed by atoms with Crippen molar-refractivity contribution in [3.63, 3.8) is 0 Å². The molecule has 0 bridgehead atoms. The fourth-order valence-corrected chi connectivity index (χ4v) is 1.76. The van der Waals surface area contributed by atoms with Crippen molar-refractivity contribution in [1.29, 1.82) is 0 Å². The van der Waals surface area contributed by atoms with Crippen LogP contribution in [0.3, 0.4) is 0 Å². The largest absolute Gasteiger partial charge is 0.490 e. The molecule has 0 aliphatic heterocycles. The zero-order valence-electron chi connectivity index (χ0n) is 12.2. The average Bonchev–Trinajstić information content (AvgIpc) is 2.78. The Morgan fingerprint density at radius 2 is 2.29 bits per heavy atom. The predicted octanol–water partition coefficient (Wildman–Crippen LogP) is 2.97. The van der Waals surface area contributed by atoms with Crippen LogP contribution in [0.25, 0.3) is 0 Å². The van der Waals surface area contributed by atoms with Crippen molar-refractivity contribution in [2.24, 2.45) is 5.10 Å². The van der Waals surface area contributed by atoms with Gasteiger partial charge in [-0.3, -0.25) is 0 Å². The van der Waals surface area contributed by atoms with E-state index in [0.29, 0.717) is 12.6 Å². The molecule has 1 aromatic carbocycles. The molecular formula is C15H19FN4O. The van der Waals surface area contributed by atoms with Crippen LogP contribution in [-0.4, -0.2) is 22.5 Å². The van der Waals surface area contributed by atoms with Crippen LogP contribution in [0.1, 0.15) is 31.0 Å². The van der Waals surface area contributed by atoms with E-state index in [9.17, 15) is 4.39 Å². The van der Waals surface area contributed by atoms with Crippen molar-refractivity contribution >= 4 is 12.2 Å². The molecule has 0 amide bonds. The van der Waals surface area contributed by atoms with E-state index in [4.69, 9.17) is 10.5 Å². The lowest BCUT2D eigenvalue weighted by atomic mass is 10.2. The monoisotopic (exact) mass is 290 g/mol. The molecule has 0 spiro atoms. The van der Waals surface area contributed by atoms with E-state index < -0.39 is 0 Å². The summed E-state index contributed by atoms with van der Waals surface area (Å²) in [6.45, 7) is 4.39. The molecule has 0 radical (unpaired) electrons. The predicted molar refractivity (Wildman–Crippen MR) is 81.2 cm³/mol. The molecule has 0 unspecified atom stereocenters. The van der Waals surface area contributed by atoms with Crippen LogP contribution >= 0.6 is 0 Å². The Labute approximate surface area is 123 Å². The van der Waals surface area contributed by atoms with Crippen LogP contribution in [-0.2, 0) is 0 Å². The van der Waals surface area contributed by atoms with E-state index in [1.807, 2.05) is 6.92 Å². The number of halogens is 1. The third-order valence-corrected chi connectivity index (χ3v) is 2.88. The summed E-state index contributed by atoms with van der Waals surface area (Å²) in [5.41, 5.74) is 7.21. The third kappa shape index (κ3) is 4.05. The fraction of sp³-hybridized carbons (Fsp3) is 0.333. The van der Waals surface area contributed by atoms with E-state index in [1.54, 1.807) is 24.5 Å². The SMILES string of the molecule is CCCCOc1cc(C=Nn2cc(C)nc2N)ccc1F. The summed E-state index contributed by atoms with van der Waals surface area (Å²) in [5.74, 6) is 0.175. The summed E-state index contributed by atoms with van der Waals surface area (Å²) in [5, 5.41) is 4.19. The van der Waals surface area contributed by atoms with Gasteiger partial charge in [-0.25, -0.2) is 14.1 Å². The number of aromatic nitrogens is 2. The summed E-state index contributed by atoms with van der Waals surface area (Å²) in [7, 11) is 0. The smallest absolute Gasteiger partial charge is 0.221 e. The minimum Gasteiger partial charge on any atom is -0.490 e. The molecule has 0 saturated heterocycles. The van der Waals surface area contributed by atoms with Gasteiger partial charge in [-0.15, -0.1) is 0 Å². The molecular weight excluding hydrogens is 271 g/mol. The van der Waals surface area contributed by atoms with Crippen molar-refractivity contribution < 1.29 is 9.13 Å². The number of hydrogen-bond donors (Lipinski definition) is 1. The lowest BCUT2D eigenvalue weighted by molar-refractivity contribution is 0.294. The van der Waals surface area contributed by atoms with Crippen molar-refractivity contribution in [3.05, 3.63) is 41.5 Å². The number of rotatable bonds is 6. The topological polar surface area (TPSA) is 65.4 Å². The number of hydrogen-bond acceptors (Lipinski definition) is 4. The van der Waals surface area contributed by atoms with Gasteiger partial charge in [0.2, 0.25) is 5.95 Å².